The Hall–Kier alpha value is -1.90. The number of sulfonamides is 1. The van der Waals surface area contributed by atoms with E-state index in [0.29, 0.717) is 19.6 Å². The summed E-state index contributed by atoms with van der Waals surface area (Å²) in [6, 6.07) is 11.5. The van der Waals surface area contributed by atoms with E-state index in [1.807, 2.05) is 44.3 Å². The fourth-order valence-corrected chi connectivity index (χ4v) is 6.12. The maximum absolute atomic E-state index is 12.9. The number of piperidine rings is 1. The van der Waals surface area contributed by atoms with Crippen LogP contribution in [0.3, 0.4) is 0 Å². The normalized spacial score (nSPS) is 16.5. The van der Waals surface area contributed by atoms with Gasteiger partial charge in [0.05, 0.1) is 0 Å². The number of rotatable bonds is 7. The number of amides is 1. The maximum Gasteiger partial charge on any atom is 0.262 e. The highest BCUT2D eigenvalue weighted by Gasteiger charge is 2.31. The van der Waals surface area contributed by atoms with E-state index in [0.717, 1.165) is 24.9 Å². The smallest absolute Gasteiger partial charge is 0.262 e. The Bertz CT molecular complexity index is 890. The van der Waals surface area contributed by atoms with E-state index in [1.54, 1.807) is 11.4 Å². The molecule has 152 valence electrons. The minimum Gasteiger partial charge on any atom is -0.370 e. The summed E-state index contributed by atoms with van der Waals surface area (Å²) in [6.07, 6.45) is 2.79. The van der Waals surface area contributed by atoms with Gasteiger partial charge in [-0.15, -0.1) is 11.3 Å². The van der Waals surface area contributed by atoms with E-state index >= 15 is 0 Å². The van der Waals surface area contributed by atoms with Gasteiger partial charge >= 0.3 is 0 Å². The molecule has 0 aliphatic carbocycles. The van der Waals surface area contributed by atoms with Gasteiger partial charge in [-0.2, -0.15) is 4.31 Å². The van der Waals surface area contributed by atoms with E-state index in [-0.39, 0.29) is 21.7 Å². The van der Waals surface area contributed by atoms with Crippen molar-refractivity contribution in [1.82, 2.24) is 9.62 Å². The predicted molar refractivity (Wildman–Crippen MR) is 114 cm³/mol. The summed E-state index contributed by atoms with van der Waals surface area (Å²) >= 11 is 1.17. The molecule has 1 atom stereocenters. The lowest BCUT2D eigenvalue weighted by molar-refractivity contribution is 0.0952. The van der Waals surface area contributed by atoms with E-state index in [1.165, 1.54) is 15.6 Å². The lowest BCUT2D eigenvalue weighted by Crippen LogP contribution is -2.41. The summed E-state index contributed by atoms with van der Waals surface area (Å²) in [4.78, 5) is 15.2. The van der Waals surface area contributed by atoms with Crippen molar-refractivity contribution in [3.05, 3.63) is 46.7 Å². The molecule has 2 heterocycles. The van der Waals surface area contributed by atoms with Crippen molar-refractivity contribution in [3.8, 4) is 0 Å². The summed E-state index contributed by atoms with van der Waals surface area (Å²) in [5, 5.41) is 4.57. The van der Waals surface area contributed by atoms with Crippen molar-refractivity contribution in [2.75, 3.05) is 31.6 Å². The Labute approximate surface area is 171 Å². The molecule has 2 aromatic rings. The lowest BCUT2D eigenvalue weighted by Gasteiger charge is -2.27. The van der Waals surface area contributed by atoms with E-state index in [4.69, 9.17) is 0 Å². The molecule has 6 nitrogen and oxygen atoms in total. The number of nitrogens with zero attached hydrogens (tertiary/aromatic N) is 2. The quantitative estimate of drug-likeness (QED) is 0.745. The molecule has 1 saturated heterocycles. The minimum atomic E-state index is -3.62. The van der Waals surface area contributed by atoms with Gasteiger partial charge in [0, 0.05) is 38.4 Å². The first kappa shape index (κ1) is 20.8. The van der Waals surface area contributed by atoms with Gasteiger partial charge < -0.3 is 10.2 Å². The van der Waals surface area contributed by atoms with Crippen molar-refractivity contribution in [1.29, 1.82) is 0 Å². The molecule has 1 aromatic heterocycles. The molecule has 28 heavy (non-hydrogen) atoms. The molecule has 1 aliphatic heterocycles. The summed E-state index contributed by atoms with van der Waals surface area (Å²) in [7, 11) is -1.64. The minimum absolute atomic E-state index is 0.0634. The molecule has 1 N–H and O–H groups in total. The maximum atomic E-state index is 12.9. The van der Waals surface area contributed by atoms with Crippen LogP contribution in [0.25, 0.3) is 0 Å². The Morgan fingerprint density at radius 1 is 1.18 bits per heavy atom. The average molecular weight is 422 g/mol. The predicted octanol–water partition coefficient (Wildman–Crippen LogP) is 3.18. The fourth-order valence-electron chi connectivity index (χ4n) is 3.29. The highest BCUT2D eigenvalue weighted by Crippen LogP contribution is 2.27. The second kappa shape index (κ2) is 9.07. The van der Waals surface area contributed by atoms with Gasteiger partial charge in [0.1, 0.15) is 9.77 Å². The average Bonchev–Trinajstić information content (AvgIpc) is 3.23. The van der Waals surface area contributed by atoms with Gasteiger partial charge in [-0.25, -0.2) is 8.42 Å². The second-order valence-corrected chi connectivity index (χ2v) is 9.91. The molecule has 0 spiro atoms. The van der Waals surface area contributed by atoms with Gasteiger partial charge in [0.2, 0.25) is 10.0 Å². The van der Waals surface area contributed by atoms with Gasteiger partial charge in [-0.3, -0.25) is 4.79 Å². The summed E-state index contributed by atoms with van der Waals surface area (Å²) in [5.74, 6) is -0.334. The van der Waals surface area contributed by atoms with Crippen LogP contribution in [0.5, 0.6) is 0 Å². The van der Waals surface area contributed by atoms with Crippen LogP contribution in [0.4, 0.5) is 5.69 Å². The van der Waals surface area contributed by atoms with Crippen LogP contribution in [-0.2, 0) is 10.0 Å². The number of carbonyl (C=O) groups is 1. The molecule has 1 aliphatic rings. The van der Waals surface area contributed by atoms with Crippen LogP contribution >= 0.6 is 11.3 Å². The molecule has 0 unspecified atom stereocenters. The monoisotopic (exact) mass is 421 g/mol. The van der Waals surface area contributed by atoms with Crippen molar-refractivity contribution in [2.45, 2.75) is 37.1 Å². The first-order chi connectivity index (χ1) is 13.4. The van der Waals surface area contributed by atoms with Crippen molar-refractivity contribution in [3.63, 3.8) is 0 Å². The topological polar surface area (TPSA) is 69.7 Å². The summed E-state index contributed by atoms with van der Waals surface area (Å²) < 4.78 is 27.4. The molecular formula is C20H27N3O3S2. The Morgan fingerprint density at radius 3 is 2.54 bits per heavy atom. The van der Waals surface area contributed by atoms with E-state index < -0.39 is 10.0 Å². The van der Waals surface area contributed by atoms with Crippen molar-refractivity contribution >= 4 is 33.0 Å². The Balaban J connectivity index is 1.66. The number of hydrogen-bond donors (Lipinski definition) is 1. The molecule has 0 radical (unpaired) electrons. The molecule has 3 rings (SSSR count). The van der Waals surface area contributed by atoms with Crippen LogP contribution in [0.1, 0.15) is 35.9 Å². The molecule has 0 bridgehead atoms. The third-order valence-corrected chi connectivity index (χ3v) is 8.13. The standard InChI is InChI=1S/C20H27N3O3S2/c1-16(22(2)17-9-5-3-6-10-17)15-21-20(24)19-18(11-14-27-19)28(25,26)23-12-7-4-8-13-23/h3,5-6,9-11,14,16H,4,7-8,12-13,15H2,1-2H3,(H,21,24)/t16-/m1/s1. The number of thiophene rings is 1. The van der Waals surface area contributed by atoms with Crippen LogP contribution in [0.15, 0.2) is 46.7 Å². The van der Waals surface area contributed by atoms with Gasteiger partial charge in [-0.1, -0.05) is 24.6 Å². The number of likely N-dealkylation sites (N-methyl/N-ethyl adjacent to an activating group) is 1. The molecule has 1 aromatic carbocycles. The molecule has 0 saturated carbocycles. The number of anilines is 1. The number of hydrogen-bond acceptors (Lipinski definition) is 5. The molecule has 1 amide bonds. The molecule has 1 fully saturated rings. The number of benzene rings is 1. The Kier molecular flexibility index (Phi) is 6.74. The van der Waals surface area contributed by atoms with E-state index in [2.05, 4.69) is 10.2 Å². The zero-order valence-corrected chi connectivity index (χ0v) is 17.9. The second-order valence-electron chi connectivity index (χ2n) is 7.08. The number of nitrogens with one attached hydrogen (secondary N) is 1. The van der Waals surface area contributed by atoms with Crippen LogP contribution in [0.2, 0.25) is 0 Å². The third kappa shape index (κ3) is 4.56. The first-order valence-electron chi connectivity index (χ1n) is 9.55. The van der Waals surface area contributed by atoms with Crippen molar-refractivity contribution in [2.24, 2.45) is 0 Å². The largest absolute Gasteiger partial charge is 0.370 e. The van der Waals surface area contributed by atoms with Crippen molar-refractivity contribution < 1.29 is 13.2 Å². The zero-order chi connectivity index (χ0) is 20.1. The van der Waals surface area contributed by atoms with E-state index in [9.17, 15) is 13.2 Å². The van der Waals surface area contributed by atoms with Crippen LogP contribution in [0, 0.1) is 0 Å². The van der Waals surface area contributed by atoms with Gasteiger partial charge in [0.15, 0.2) is 0 Å². The molecular weight excluding hydrogens is 394 g/mol. The zero-order valence-electron chi connectivity index (χ0n) is 16.3. The van der Waals surface area contributed by atoms with Crippen LogP contribution in [-0.4, -0.2) is 51.4 Å². The molecule has 8 heteroatoms. The highest BCUT2D eigenvalue weighted by molar-refractivity contribution is 7.89. The fraction of sp³-hybridized carbons (Fsp3) is 0.450. The van der Waals surface area contributed by atoms with Gasteiger partial charge in [0.25, 0.3) is 5.91 Å². The third-order valence-electron chi connectivity index (χ3n) is 5.15. The SMILES string of the molecule is C[C@H](CNC(=O)c1sccc1S(=O)(=O)N1CCCCC1)N(C)c1ccccc1. The van der Waals surface area contributed by atoms with Crippen LogP contribution < -0.4 is 10.2 Å². The number of para-hydroxylation sites is 1. The first-order valence-corrected chi connectivity index (χ1v) is 11.9. The Morgan fingerprint density at radius 2 is 1.86 bits per heavy atom. The summed E-state index contributed by atoms with van der Waals surface area (Å²) in [6.45, 7) is 3.49. The summed E-state index contributed by atoms with van der Waals surface area (Å²) in [5.41, 5.74) is 1.06. The number of carbonyl (C=O) groups excluding carboxylic acids is 1. The lowest BCUT2D eigenvalue weighted by atomic mass is 10.2. The highest BCUT2D eigenvalue weighted by atomic mass is 32.2. The van der Waals surface area contributed by atoms with Gasteiger partial charge in [-0.05, 0) is 43.3 Å².